The molecule has 0 saturated carbocycles. The molecule has 3 aromatic rings. The Morgan fingerprint density at radius 2 is 1.69 bits per heavy atom. The Morgan fingerprint density at radius 3 is 2.41 bits per heavy atom. The summed E-state index contributed by atoms with van der Waals surface area (Å²) in [6.45, 7) is 7.60. The van der Waals surface area contributed by atoms with Gasteiger partial charge in [0.15, 0.2) is 0 Å². The molecule has 1 aromatic heterocycles. The number of piperazine rings is 1. The molecule has 0 spiro atoms. The van der Waals surface area contributed by atoms with Gasteiger partial charge in [0.25, 0.3) is 11.8 Å². The Morgan fingerprint density at radius 1 is 0.974 bits per heavy atom. The van der Waals surface area contributed by atoms with Crippen LogP contribution >= 0.6 is 0 Å². The molecule has 2 heterocycles. The standard InChI is InChI=1S/C27H30F3N7O2/c1-18-6-7-21(35-24(38)19-4-2-5-20(14-19)27(28,29)30)15-23(18)25(39)36-22-16-33-26(34-17-22)32-8-3-11-37-12-9-31-10-13-37/h2,4-7,14-17,31H,3,8-13H2,1H3,(H,35,38)(H,36,39)(H,32,33,34). The highest BCUT2D eigenvalue weighted by Gasteiger charge is 2.31. The minimum absolute atomic E-state index is 0.147. The third-order valence-electron chi connectivity index (χ3n) is 6.25. The van der Waals surface area contributed by atoms with Crippen LogP contribution in [-0.2, 0) is 6.18 Å². The number of nitrogens with one attached hydrogen (secondary N) is 4. The normalized spacial score (nSPS) is 14.1. The zero-order valence-electron chi connectivity index (χ0n) is 21.4. The topological polar surface area (TPSA) is 111 Å². The van der Waals surface area contributed by atoms with E-state index in [1.165, 1.54) is 30.6 Å². The van der Waals surface area contributed by atoms with E-state index < -0.39 is 23.6 Å². The maximum Gasteiger partial charge on any atom is 0.416 e. The van der Waals surface area contributed by atoms with E-state index in [0.29, 0.717) is 17.2 Å². The molecule has 1 fully saturated rings. The summed E-state index contributed by atoms with van der Waals surface area (Å²) in [6, 6.07) is 8.81. The lowest BCUT2D eigenvalue weighted by molar-refractivity contribution is -0.137. The van der Waals surface area contributed by atoms with Gasteiger partial charge in [0, 0.05) is 49.5 Å². The second-order valence-corrected chi connectivity index (χ2v) is 9.18. The quantitative estimate of drug-likeness (QED) is 0.303. The first-order chi connectivity index (χ1) is 18.7. The molecule has 2 aromatic carbocycles. The Bertz CT molecular complexity index is 1290. The number of benzene rings is 2. The van der Waals surface area contributed by atoms with Crippen LogP contribution in [0.1, 0.15) is 38.3 Å². The van der Waals surface area contributed by atoms with Crippen molar-refractivity contribution in [3.05, 3.63) is 77.1 Å². The van der Waals surface area contributed by atoms with Crippen molar-refractivity contribution in [2.75, 3.05) is 55.2 Å². The van der Waals surface area contributed by atoms with Gasteiger partial charge in [-0.2, -0.15) is 13.2 Å². The predicted octanol–water partition coefficient (Wildman–Crippen LogP) is 4.02. The highest BCUT2D eigenvalue weighted by atomic mass is 19.4. The molecule has 12 heteroatoms. The van der Waals surface area contributed by atoms with E-state index in [1.54, 1.807) is 19.1 Å². The molecule has 0 bridgehead atoms. The molecular weight excluding hydrogens is 511 g/mol. The van der Waals surface area contributed by atoms with Gasteiger partial charge in [-0.3, -0.25) is 9.59 Å². The maximum absolute atomic E-state index is 13.0. The fourth-order valence-corrected chi connectivity index (χ4v) is 4.10. The third kappa shape index (κ3) is 7.98. The smallest absolute Gasteiger partial charge is 0.354 e. The number of amides is 2. The molecule has 1 aliphatic heterocycles. The predicted molar refractivity (Wildman–Crippen MR) is 143 cm³/mol. The first kappa shape index (κ1) is 28.0. The van der Waals surface area contributed by atoms with E-state index >= 15 is 0 Å². The number of carbonyl (C=O) groups is 2. The van der Waals surface area contributed by atoms with Crippen molar-refractivity contribution in [3.8, 4) is 0 Å². The van der Waals surface area contributed by atoms with Gasteiger partial charge in [0.1, 0.15) is 0 Å². The molecule has 0 radical (unpaired) electrons. The summed E-state index contributed by atoms with van der Waals surface area (Å²) >= 11 is 0. The van der Waals surface area contributed by atoms with E-state index in [4.69, 9.17) is 0 Å². The summed E-state index contributed by atoms with van der Waals surface area (Å²) in [4.78, 5) is 36.4. The molecule has 9 nitrogen and oxygen atoms in total. The fourth-order valence-electron chi connectivity index (χ4n) is 4.10. The number of aryl methyl sites for hydroxylation is 1. The molecular formula is C27H30F3N7O2. The van der Waals surface area contributed by atoms with Gasteiger partial charge < -0.3 is 26.2 Å². The van der Waals surface area contributed by atoms with Crippen molar-refractivity contribution >= 4 is 29.1 Å². The minimum Gasteiger partial charge on any atom is -0.354 e. The summed E-state index contributed by atoms with van der Waals surface area (Å²) in [7, 11) is 0. The van der Waals surface area contributed by atoms with Crippen LogP contribution in [0.2, 0.25) is 0 Å². The molecule has 0 atom stereocenters. The van der Waals surface area contributed by atoms with Crippen LogP contribution in [0, 0.1) is 6.92 Å². The van der Waals surface area contributed by atoms with Gasteiger partial charge in [-0.05, 0) is 55.8 Å². The number of hydrogen-bond acceptors (Lipinski definition) is 7. The lowest BCUT2D eigenvalue weighted by atomic mass is 10.1. The van der Waals surface area contributed by atoms with Crippen LogP contribution < -0.4 is 21.3 Å². The summed E-state index contributed by atoms with van der Waals surface area (Å²) in [5.74, 6) is -0.701. The molecule has 1 aliphatic rings. The molecule has 2 amide bonds. The van der Waals surface area contributed by atoms with Crippen LogP contribution in [0.4, 0.5) is 30.5 Å². The van der Waals surface area contributed by atoms with Crippen LogP contribution in [0.5, 0.6) is 0 Å². The molecule has 1 saturated heterocycles. The Kier molecular flexibility index (Phi) is 9.10. The number of alkyl halides is 3. The number of halogens is 3. The number of hydrogen-bond donors (Lipinski definition) is 4. The Hall–Kier alpha value is -4.03. The number of rotatable bonds is 9. The summed E-state index contributed by atoms with van der Waals surface area (Å²) in [5, 5.41) is 11.8. The summed E-state index contributed by atoms with van der Waals surface area (Å²) in [5.41, 5.74) is 0.526. The van der Waals surface area contributed by atoms with E-state index in [9.17, 15) is 22.8 Å². The summed E-state index contributed by atoms with van der Waals surface area (Å²) < 4.78 is 39.0. The van der Waals surface area contributed by atoms with Gasteiger partial charge >= 0.3 is 6.18 Å². The van der Waals surface area contributed by atoms with Crippen LogP contribution in [0.3, 0.4) is 0 Å². The number of aromatic nitrogens is 2. The van der Waals surface area contributed by atoms with Gasteiger partial charge in [0.05, 0.1) is 23.6 Å². The van der Waals surface area contributed by atoms with E-state index in [-0.39, 0.29) is 16.8 Å². The average molecular weight is 542 g/mol. The molecule has 4 rings (SSSR count). The van der Waals surface area contributed by atoms with Gasteiger partial charge in [0.2, 0.25) is 5.95 Å². The first-order valence-corrected chi connectivity index (χ1v) is 12.6. The second-order valence-electron chi connectivity index (χ2n) is 9.18. The maximum atomic E-state index is 13.0. The number of carbonyl (C=O) groups excluding carboxylic acids is 2. The van der Waals surface area contributed by atoms with Gasteiger partial charge in [-0.25, -0.2) is 9.97 Å². The van der Waals surface area contributed by atoms with Crippen molar-refractivity contribution in [1.82, 2.24) is 20.2 Å². The van der Waals surface area contributed by atoms with Crippen molar-refractivity contribution in [1.29, 1.82) is 0 Å². The summed E-state index contributed by atoms with van der Waals surface area (Å²) in [6.07, 6.45) is -0.605. The minimum atomic E-state index is -4.56. The lowest BCUT2D eigenvalue weighted by Crippen LogP contribution is -2.44. The zero-order chi connectivity index (χ0) is 27.8. The van der Waals surface area contributed by atoms with E-state index in [2.05, 4.69) is 36.1 Å². The van der Waals surface area contributed by atoms with Crippen LogP contribution in [0.25, 0.3) is 0 Å². The molecule has 206 valence electrons. The Labute approximate surface area is 224 Å². The lowest BCUT2D eigenvalue weighted by Gasteiger charge is -2.27. The highest BCUT2D eigenvalue weighted by Crippen LogP contribution is 2.29. The van der Waals surface area contributed by atoms with E-state index in [0.717, 1.165) is 57.8 Å². The Balaban J connectivity index is 1.32. The first-order valence-electron chi connectivity index (χ1n) is 12.6. The zero-order valence-corrected chi connectivity index (χ0v) is 21.4. The molecule has 0 aliphatic carbocycles. The number of anilines is 3. The number of nitrogens with zero attached hydrogens (tertiary/aromatic N) is 3. The molecule has 4 N–H and O–H groups in total. The molecule has 0 unspecified atom stereocenters. The van der Waals surface area contributed by atoms with Crippen molar-refractivity contribution in [3.63, 3.8) is 0 Å². The monoisotopic (exact) mass is 541 g/mol. The van der Waals surface area contributed by atoms with Crippen LogP contribution in [-0.4, -0.2) is 66.0 Å². The SMILES string of the molecule is Cc1ccc(NC(=O)c2cccc(C(F)(F)F)c2)cc1C(=O)Nc1cnc(NCCCN2CCNCC2)nc1. The molecule has 39 heavy (non-hydrogen) atoms. The second kappa shape index (κ2) is 12.7. The average Bonchev–Trinajstić information content (AvgIpc) is 2.93. The van der Waals surface area contributed by atoms with Gasteiger partial charge in [-0.1, -0.05) is 12.1 Å². The van der Waals surface area contributed by atoms with Crippen molar-refractivity contribution < 1.29 is 22.8 Å². The van der Waals surface area contributed by atoms with Crippen molar-refractivity contribution in [2.24, 2.45) is 0 Å². The third-order valence-corrected chi connectivity index (χ3v) is 6.25. The van der Waals surface area contributed by atoms with Crippen molar-refractivity contribution in [2.45, 2.75) is 19.5 Å². The van der Waals surface area contributed by atoms with Gasteiger partial charge in [-0.15, -0.1) is 0 Å². The van der Waals surface area contributed by atoms with E-state index in [1.807, 2.05) is 0 Å². The highest BCUT2D eigenvalue weighted by molar-refractivity contribution is 6.08. The van der Waals surface area contributed by atoms with Crippen LogP contribution in [0.15, 0.2) is 54.9 Å². The fraction of sp³-hybridized carbons (Fsp3) is 0.333. The largest absolute Gasteiger partial charge is 0.416 e.